The quantitative estimate of drug-likeness (QED) is 0.313. The van der Waals surface area contributed by atoms with Gasteiger partial charge in [-0.2, -0.15) is 0 Å². The summed E-state index contributed by atoms with van der Waals surface area (Å²) in [4.78, 5) is 33.3. The highest BCUT2D eigenvalue weighted by Crippen LogP contribution is 2.18. The van der Waals surface area contributed by atoms with Gasteiger partial charge in [-0.3, -0.25) is 9.59 Å². The van der Waals surface area contributed by atoms with Crippen molar-refractivity contribution in [3.8, 4) is 0 Å². The van der Waals surface area contributed by atoms with Crippen molar-refractivity contribution in [1.29, 1.82) is 0 Å². The molecule has 0 aromatic rings. The minimum absolute atomic E-state index is 0.169. The van der Waals surface area contributed by atoms with Crippen molar-refractivity contribution in [2.75, 3.05) is 13.2 Å². The Morgan fingerprint density at radius 2 is 1.65 bits per heavy atom. The van der Waals surface area contributed by atoms with Crippen LogP contribution in [0.25, 0.3) is 0 Å². The van der Waals surface area contributed by atoms with Crippen LogP contribution in [0.15, 0.2) is 0 Å². The monoisotopic (exact) mass is 286 g/mol. The second-order valence-electron chi connectivity index (χ2n) is 4.60. The minimum Gasteiger partial charge on any atom is -0.466 e. The summed E-state index contributed by atoms with van der Waals surface area (Å²) in [5, 5.41) is 0. The smallest absolute Gasteiger partial charge is 0.308 e. The normalized spacial score (nSPS) is 11.7. The first-order valence-electron chi connectivity index (χ1n) is 7.41. The van der Waals surface area contributed by atoms with E-state index in [9.17, 15) is 14.4 Å². The average Bonchev–Trinajstić information content (AvgIpc) is 2.42. The number of esters is 2. The molecule has 0 aromatic carbocycles. The molecule has 0 spiro atoms. The van der Waals surface area contributed by atoms with Crippen molar-refractivity contribution in [3.63, 3.8) is 0 Å². The fourth-order valence-electron chi connectivity index (χ4n) is 1.98. The van der Waals surface area contributed by atoms with E-state index in [0.29, 0.717) is 51.7 Å². The van der Waals surface area contributed by atoms with Gasteiger partial charge in [-0.25, -0.2) is 0 Å². The summed E-state index contributed by atoms with van der Waals surface area (Å²) in [6.07, 6.45) is 5.27. The van der Waals surface area contributed by atoms with E-state index in [0.717, 1.165) is 12.7 Å². The molecule has 0 aliphatic rings. The van der Waals surface area contributed by atoms with Gasteiger partial charge < -0.3 is 14.3 Å². The Kier molecular flexibility index (Phi) is 11.8. The van der Waals surface area contributed by atoms with Crippen LogP contribution in [0.2, 0.25) is 0 Å². The number of carbonyl (C=O) groups is 3. The van der Waals surface area contributed by atoms with Gasteiger partial charge >= 0.3 is 11.9 Å². The number of carbonyl (C=O) groups excluding carboxylic acids is 3. The Balaban J connectivity index is 3.98. The Morgan fingerprint density at radius 3 is 2.25 bits per heavy atom. The lowest BCUT2D eigenvalue weighted by molar-refractivity contribution is -0.148. The third-order valence-corrected chi connectivity index (χ3v) is 2.98. The third-order valence-electron chi connectivity index (χ3n) is 2.98. The van der Waals surface area contributed by atoms with E-state index in [1.165, 1.54) is 0 Å². The highest BCUT2D eigenvalue weighted by atomic mass is 16.5. The van der Waals surface area contributed by atoms with E-state index in [-0.39, 0.29) is 17.9 Å². The van der Waals surface area contributed by atoms with E-state index in [1.807, 2.05) is 0 Å². The molecule has 0 amide bonds. The predicted octanol–water partition coefficient (Wildman–Crippen LogP) is 2.66. The molecule has 1 atom stereocenters. The molecule has 0 saturated heterocycles. The van der Waals surface area contributed by atoms with Crippen molar-refractivity contribution in [2.45, 2.75) is 58.8 Å². The van der Waals surface area contributed by atoms with Crippen LogP contribution < -0.4 is 0 Å². The molecule has 0 aliphatic carbocycles. The lowest BCUT2D eigenvalue weighted by Crippen LogP contribution is -2.18. The van der Waals surface area contributed by atoms with Gasteiger partial charge in [0, 0.05) is 12.8 Å². The second kappa shape index (κ2) is 12.6. The molecule has 116 valence electrons. The highest BCUT2D eigenvalue weighted by Gasteiger charge is 2.19. The van der Waals surface area contributed by atoms with Gasteiger partial charge in [0.2, 0.25) is 0 Å². The summed E-state index contributed by atoms with van der Waals surface area (Å²) in [6.45, 7) is 4.32. The number of rotatable bonds is 12. The van der Waals surface area contributed by atoms with Gasteiger partial charge in [0.15, 0.2) is 0 Å². The third kappa shape index (κ3) is 9.53. The van der Waals surface area contributed by atoms with Crippen LogP contribution in [0.5, 0.6) is 0 Å². The van der Waals surface area contributed by atoms with E-state index in [1.54, 1.807) is 13.8 Å². The zero-order valence-corrected chi connectivity index (χ0v) is 12.6. The van der Waals surface area contributed by atoms with Gasteiger partial charge in [0.1, 0.15) is 6.29 Å². The van der Waals surface area contributed by atoms with Gasteiger partial charge in [-0.05, 0) is 39.5 Å². The summed E-state index contributed by atoms with van der Waals surface area (Å²) in [6, 6.07) is 0. The molecule has 5 heteroatoms. The van der Waals surface area contributed by atoms with Crippen molar-refractivity contribution in [1.82, 2.24) is 0 Å². The van der Waals surface area contributed by atoms with Gasteiger partial charge in [0.05, 0.1) is 19.1 Å². The molecule has 0 fully saturated rings. The molecular weight excluding hydrogens is 260 g/mol. The Morgan fingerprint density at radius 1 is 1.00 bits per heavy atom. The Bertz CT molecular complexity index is 288. The molecule has 0 aliphatic heterocycles. The molecule has 0 N–H and O–H groups in total. The number of hydrogen-bond acceptors (Lipinski definition) is 5. The van der Waals surface area contributed by atoms with Crippen LogP contribution in [-0.2, 0) is 23.9 Å². The first-order valence-corrected chi connectivity index (χ1v) is 7.41. The molecule has 0 radical (unpaired) electrons. The number of hydrogen-bond donors (Lipinski definition) is 0. The van der Waals surface area contributed by atoms with Gasteiger partial charge in [0.25, 0.3) is 0 Å². The molecule has 0 heterocycles. The van der Waals surface area contributed by atoms with E-state index >= 15 is 0 Å². The predicted molar refractivity (Wildman–Crippen MR) is 75.1 cm³/mol. The molecule has 0 aromatic heterocycles. The zero-order chi connectivity index (χ0) is 15.2. The van der Waals surface area contributed by atoms with Crippen LogP contribution in [0.1, 0.15) is 58.8 Å². The molecule has 1 unspecified atom stereocenters. The first kappa shape index (κ1) is 18.6. The molecule has 0 rings (SSSR count). The lowest BCUT2D eigenvalue weighted by atomic mass is 9.95. The maximum atomic E-state index is 11.8. The number of aldehydes is 1. The average molecular weight is 286 g/mol. The molecule has 5 nitrogen and oxygen atoms in total. The topological polar surface area (TPSA) is 69.7 Å². The lowest BCUT2D eigenvalue weighted by Gasteiger charge is -2.14. The highest BCUT2D eigenvalue weighted by molar-refractivity contribution is 5.72. The summed E-state index contributed by atoms with van der Waals surface area (Å²) >= 11 is 0. The number of unbranched alkanes of at least 4 members (excludes halogenated alkanes) is 2. The van der Waals surface area contributed by atoms with E-state index < -0.39 is 0 Å². The largest absolute Gasteiger partial charge is 0.466 e. The van der Waals surface area contributed by atoms with Crippen molar-refractivity contribution in [2.24, 2.45) is 5.92 Å². The van der Waals surface area contributed by atoms with Crippen LogP contribution in [0.4, 0.5) is 0 Å². The zero-order valence-electron chi connectivity index (χ0n) is 12.6. The summed E-state index contributed by atoms with van der Waals surface area (Å²) in [7, 11) is 0. The van der Waals surface area contributed by atoms with Crippen LogP contribution in [-0.4, -0.2) is 31.4 Å². The minimum atomic E-state index is -0.200. The van der Waals surface area contributed by atoms with Crippen LogP contribution in [0, 0.1) is 5.92 Å². The summed E-state index contributed by atoms with van der Waals surface area (Å²) < 4.78 is 9.88. The summed E-state index contributed by atoms with van der Waals surface area (Å²) in [5.41, 5.74) is 0. The SMILES string of the molecule is CCOC(=O)CCCCC(CCCC=O)C(=O)OCC. The van der Waals surface area contributed by atoms with Crippen molar-refractivity contribution >= 4 is 18.2 Å². The fourth-order valence-corrected chi connectivity index (χ4v) is 1.98. The Hall–Kier alpha value is -1.39. The van der Waals surface area contributed by atoms with Crippen molar-refractivity contribution in [3.05, 3.63) is 0 Å². The Labute approximate surface area is 121 Å². The standard InChI is InChI=1S/C15H26O5/c1-3-19-14(17)11-6-5-9-13(10-7-8-12-16)15(18)20-4-2/h12-13H,3-11H2,1-2H3. The summed E-state index contributed by atoms with van der Waals surface area (Å²) in [5.74, 6) is -0.562. The van der Waals surface area contributed by atoms with Gasteiger partial charge in [-0.1, -0.05) is 6.42 Å². The maximum Gasteiger partial charge on any atom is 0.308 e. The van der Waals surface area contributed by atoms with Gasteiger partial charge in [-0.15, -0.1) is 0 Å². The van der Waals surface area contributed by atoms with E-state index in [2.05, 4.69) is 0 Å². The number of ether oxygens (including phenoxy) is 2. The second-order valence-corrected chi connectivity index (χ2v) is 4.60. The fraction of sp³-hybridized carbons (Fsp3) is 0.800. The van der Waals surface area contributed by atoms with Crippen molar-refractivity contribution < 1.29 is 23.9 Å². The van der Waals surface area contributed by atoms with E-state index in [4.69, 9.17) is 9.47 Å². The van der Waals surface area contributed by atoms with Crippen LogP contribution >= 0.6 is 0 Å². The molecule has 20 heavy (non-hydrogen) atoms. The molecule has 0 bridgehead atoms. The first-order chi connectivity index (χ1) is 9.65. The maximum absolute atomic E-state index is 11.8. The molecular formula is C15H26O5. The molecule has 0 saturated carbocycles. The van der Waals surface area contributed by atoms with Crippen LogP contribution in [0.3, 0.4) is 0 Å².